The third-order valence-electron chi connectivity index (χ3n) is 7.17. The molecule has 0 saturated carbocycles. The van der Waals surface area contributed by atoms with Gasteiger partial charge >= 0.3 is 0 Å². The van der Waals surface area contributed by atoms with Crippen molar-refractivity contribution < 1.29 is 29.1 Å². The molecule has 214 valence electrons. The zero-order chi connectivity index (χ0) is 30.8. The number of hydrogen-bond acceptors (Lipinski definition) is 6. The second-order valence-electron chi connectivity index (χ2n) is 9.87. The van der Waals surface area contributed by atoms with E-state index in [9.17, 15) is 29.1 Å². The predicted octanol–water partition coefficient (Wildman–Crippen LogP) is 5.41. The Labute approximate surface area is 251 Å². The van der Waals surface area contributed by atoms with E-state index in [0.29, 0.717) is 5.56 Å². The molecule has 3 amide bonds. The van der Waals surface area contributed by atoms with Crippen LogP contribution in [0.15, 0.2) is 121 Å². The summed E-state index contributed by atoms with van der Waals surface area (Å²) in [6.45, 7) is 0. The Kier molecular flexibility index (Phi) is 7.26. The molecule has 0 fully saturated rings. The van der Waals surface area contributed by atoms with Crippen LogP contribution in [0, 0.1) is 0 Å². The average Bonchev–Trinajstić information content (AvgIpc) is 3.07. The number of nitrogens with one attached hydrogen (secondary N) is 2. The monoisotopic (exact) mass is 581 g/mol. The van der Waals surface area contributed by atoms with Gasteiger partial charge in [0.1, 0.15) is 5.75 Å². The zero-order valence-electron chi connectivity index (χ0n) is 23.0. The van der Waals surface area contributed by atoms with Crippen LogP contribution >= 0.6 is 0 Å². The number of hydrazine groups is 1. The summed E-state index contributed by atoms with van der Waals surface area (Å²) in [6, 6.07) is 31.4. The number of phenols is 1. The molecule has 9 nitrogen and oxygen atoms in total. The maximum Gasteiger partial charge on any atom is 0.279 e. The van der Waals surface area contributed by atoms with Crippen LogP contribution in [-0.2, 0) is 0 Å². The molecule has 0 radical (unpaired) electrons. The summed E-state index contributed by atoms with van der Waals surface area (Å²) in [4.78, 5) is 68.1. The molecule has 0 saturated heterocycles. The SMILES string of the molecule is O=C(Nc1ccccc1C(=O)N(NC(=O)c1ccccc1)c1ccc(O)c2c1C(=O)c1ccccc1C2=O)c1ccccc1. The third-order valence-corrected chi connectivity index (χ3v) is 7.17. The van der Waals surface area contributed by atoms with Crippen molar-refractivity contribution in [1.29, 1.82) is 0 Å². The first-order chi connectivity index (χ1) is 21.3. The number of hydrogen-bond donors (Lipinski definition) is 3. The van der Waals surface area contributed by atoms with Crippen molar-refractivity contribution in [3.63, 3.8) is 0 Å². The second kappa shape index (κ2) is 11.5. The molecule has 0 atom stereocenters. The minimum absolute atomic E-state index is 0.0121. The highest BCUT2D eigenvalue weighted by molar-refractivity contribution is 6.32. The van der Waals surface area contributed by atoms with E-state index in [-0.39, 0.29) is 44.8 Å². The lowest BCUT2D eigenvalue weighted by molar-refractivity contribution is 0.0886. The van der Waals surface area contributed by atoms with Gasteiger partial charge in [0.05, 0.1) is 28.1 Å². The minimum Gasteiger partial charge on any atom is -0.507 e. The molecule has 44 heavy (non-hydrogen) atoms. The number of aromatic hydroxyl groups is 1. The van der Waals surface area contributed by atoms with Crippen LogP contribution in [0.1, 0.15) is 62.9 Å². The summed E-state index contributed by atoms with van der Waals surface area (Å²) in [5.74, 6) is -3.63. The van der Waals surface area contributed by atoms with E-state index >= 15 is 0 Å². The number of anilines is 2. The van der Waals surface area contributed by atoms with E-state index in [1.54, 1.807) is 84.9 Å². The molecular weight excluding hydrogens is 558 g/mol. The van der Waals surface area contributed by atoms with Gasteiger partial charge in [-0.1, -0.05) is 72.8 Å². The highest BCUT2D eigenvalue weighted by Gasteiger charge is 2.37. The topological polar surface area (TPSA) is 133 Å². The van der Waals surface area contributed by atoms with Crippen molar-refractivity contribution >= 4 is 40.7 Å². The van der Waals surface area contributed by atoms with Gasteiger partial charge in [-0.25, -0.2) is 5.01 Å². The first kappa shape index (κ1) is 27.8. The van der Waals surface area contributed by atoms with Crippen LogP contribution in [0.5, 0.6) is 5.75 Å². The molecule has 0 bridgehead atoms. The lowest BCUT2D eigenvalue weighted by atomic mass is 9.82. The standard InChI is InChI=1S/C35H23N3O6/c39-28-20-19-27(29-30(28)32(41)24-16-8-7-15-23(24)31(29)40)38(37-34(43)22-13-5-2-6-14-22)35(44)25-17-9-10-18-26(25)36-33(42)21-11-3-1-4-12-21/h1-20,39H,(H,36,42)(H,37,43). The Hall–Kier alpha value is -6.35. The molecule has 5 aromatic rings. The molecule has 1 aliphatic rings. The van der Waals surface area contributed by atoms with E-state index in [1.807, 2.05) is 0 Å². The van der Waals surface area contributed by atoms with Crippen LogP contribution in [0.2, 0.25) is 0 Å². The first-order valence-corrected chi connectivity index (χ1v) is 13.6. The molecule has 0 spiro atoms. The normalized spacial score (nSPS) is 11.6. The minimum atomic E-state index is -0.815. The van der Waals surface area contributed by atoms with Gasteiger partial charge in [-0.3, -0.25) is 29.4 Å². The van der Waals surface area contributed by atoms with E-state index in [4.69, 9.17) is 0 Å². The maximum absolute atomic E-state index is 14.4. The molecule has 0 unspecified atom stereocenters. The molecule has 1 aliphatic carbocycles. The van der Waals surface area contributed by atoms with Gasteiger partial charge in [0.25, 0.3) is 17.7 Å². The second-order valence-corrected chi connectivity index (χ2v) is 9.87. The van der Waals surface area contributed by atoms with Gasteiger partial charge in [0.15, 0.2) is 11.6 Å². The van der Waals surface area contributed by atoms with E-state index in [2.05, 4.69) is 10.7 Å². The smallest absolute Gasteiger partial charge is 0.279 e. The Balaban J connectivity index is 1.48. The quantitative estimate of drug-likeness (QED) is 0.233. The number of carbonyl (C=O) groups is 5. The zero-order valence-corrected chi connectivity index (χ0v) is 23.0. The molecule has 0 aliphatic heterocycles. The van der Waals surface area contributed by atoms with Crippen molar-refractivity contribution in [2.45, 2.75) is 0 Å². The summed E-state index contributed by atoms with van der Waals surface area (Å²) in [5, 5.41) is 14.3. The van der Waals surface area contributed by atoms with Gasteiger partial charge in [-0.2, -0.15) is 0 Å². The van der Waals surface area contributed by atoms with Gasteiger partial charge in [-0.15, -0.1) is 0 Å². The van der Waals surface area contributed by atoms with E-state index in [1.165, 1.54) is 36.4 Å². The molecule has 9 heteroatoms. The van der Waals surface area contributed by atoms with Crippen molar-refractivity contribution in [3.8, 4) is 5.75 Å². The van der Waals surface area contributed by atoms with Gasteiger partial charge in [0.2, 0.25) is 0 Å². The average molecular weight is 582 g/mol. The fourth-order valence-electron chi connectivity index (χ4n) is 5.03. The Morgan fingerprint density at radius 2 is 1.09 bits per heavy atom. The predicted molar refractivity (Wildman–Crippen MR) is 163 cm³/mol. The number of para-hydroxylation sites is 1. The van der Waals surface area contributed by atoms with Crippen molar-refractivity contribution in [2.75, 3.05) is 10.3 Å². The van der Waals surface area contributed by atoms with E-state index in [0.717, 1.165) is 5.01 Å². The first-order valence-electron chi connectivity index (χ1n) is 13.6. The van der Waals surface area contributed by atoms with E-state index < -0.39 is 35.0 Å². The summed E-state index contributed by atoms with van der Waals surface area (Å²) in [5.41, 5.74) is 2.82. The summed E-state index contributed by atoms with van der Waals surface area (Å²) >= 11 is 0. The fourth-order valence-corrected chi connectivity index (χ4v) is 5.03. The van der Waals surface area contributed by atoms with Crippen molar-refractivity contribution in [1.82, 2.24) is 5.43 Å². The number of carbonyl (C=O) groups excluding carboxylic acids is 5. The lowest BCUT2D eigenvalue weighted by Crippen LogP contribution is -2.48. The Morgan fingerprint density at radius 3 is 1.73 bits per heavy atom. The van der Waals surface area contributed by atoms with Gasteiger partial charge in [-0.05, 0) is 48.5 Å². The molecule has 3 N–H and O–H groups in total. The van der Waals surface area contributed by atoms with Crippen LogP contribution in [0.4, 0.5) is 11.4 Å². The largest absolute Gasteiger partial charge is 0.507 e. The van der Waals surface area contributed by atoms with Gasteiger partial charge < -0.3 is 10.4 Å². The van der Waals surface area contributed by atoms with Gasteiger partial charge in [0, 0.05) is 22.3 Å². The highest BCUT2D eigenvalue weighted by Crippen LogP contribution is 2.39. The summed E-state index contributed by atoms with van der Waals surface area (Å²) < 4.78 is 0. The fraction of sp³-hybridized carbons (Fsp3) is 0. The van der Waals surface area contributed by atoms with Crippen LogP contribution in [0.3, 0.4) is 0 Å². The van der Waals surface area contributed by atoms with Crippen LogP contribution in [-0.4, -0.2) is 34.4 Å². The number of rotatable bonds is 5. The molecule has 5 aromatic carbocycles. The lowest BCUT2D eigenvalue weighted by Gasteiger charge is -2.29. The third kappa shape index (κ3) is 4.99. The Bertz CT molecular complexity index is 1970. The number of ketones is 2. The molecular formula is C35H23N3O6. The van der Waals surface area contributed by atoms with Crippen LogP contribution in [0.25, 0.3) is 0 Å². The summed E-state index contributed by atoms with van der Waals surface area (Å²) in [6.07, 6.45) is 0. The molecule has 0 aromatic heterocycles. The molecule has 0 heterocycles. The van der Waals surface area contributed by atoms with Crippen molar-refractivity contribution in [3.05, 3.63) is 160 Å². The maximum atomic E-state index is 14.4. The highest BCUT2D eigenvalue weighted by atomic mass is 16.3. The number of nitrogens with zero attached hydrogens (tertiary/aromatic N) is 1. The number of phenolic OH excluding ortho intramolecular Hbond substituents is 1. The van der Waals surface area contributed by atoms with Crippen molar-refractivity contribution in [2.24, 2.45) is 0 Å². The number of benzene rings is 5. The number of fused-ring (bicyclic) bond motifs is 2. The summed E-state index contributed by atoms with van der Waals surface area (Å²) in [7, 11) is 0. The molecule has 6 rings (SSSR count). The Morgan fingerprint density at radius 1 is 0.568 bits per heavy atom. The number of amides is 3. The van der Waals surface area contributed by atoms with Crippen LogP contribution < -0.4 is 15.8 Å².